The first-order valence-corrected chi connectivity index (χ1v) is 12.2. The first kappa shape index (κ1) is 26.0. The second-order valence-electron chi connectivity index (χ2n) is 8.28. The first-order chi connectivity index (χ1) is 18.6. The number of nitrogens with one attached hydrogen (secondary N) is 1. The summed E-state index contributed by atoms with van der Waals surface area (Å²) >= 11 is 0.987. The van der Waals surface area contributed by atoms with Crippen LogP contribution in [-0.4, -0.2) is 37.6 Å². The zero-order valence-corrected chi connectivity index (χ0v) is 20.8. The minimum absolute atomic E-state index is 0.0999. The number of hydrogen-bond acceptors (Lipinski definition) is 8. The van der Waals surface area contributed by atoms with Crippen molar-refractivity contribution in [3.8, 4) is 28.6 Å². The van der Waals surface area contributed by atoms with Gasteiger partial charge in [0, 0.05) is 23.4 Å². The van der Waals surface area contributed by atoms with Gasteiger partial charge in [0.25, 0.3) is 5.69 Å². The van der Waals surface area contributed by atoms with Gasteiger partial charge in [-0.05, 0) is 43.3 Å². The third kappa shape index (κ3) is 5.36. The number of rotatable bonds is 7. The molecule has 3 aromatic carbocycles. The molecule has 0 saturated carbocycles. The van der Waals surface area contributed by atoms with Gasteiger partial charge in [0.2, 0.25) is 12.7 Å². The summed E-state index contributed by atoms with van der Waals surface area (Å²) in [6.07, 6.45) is -4.92. The number of benzene rings is 3. The van der Waals surface area contributed by atoms with Crippen LogP contribution in [0.15, 0.2) is 71.9 Å². The number of anilines is 1. The van der Waals surface area contributed by atoms with E-state index in [9.17, 15) is 28.1 Å². The third-order valence-electron chi connectivity index (χ3n) is 5.71. The Morgan fingerprint density at radius 1 is 1.08 bits per heavy atom. The number of nitro benzene ring substituents is 1. The number of non-ortho nitro benzene ring substituents is 1. The van der Waals surface area contributed by atoms with E-state index >= 15 is 0 Å². The van der Waals surface area contributed by atoms with Crippen LogP contribution in [0.4, 0.5) is 24.5 Å². The van der Waals surface area contributed by atoms with Crippen molar-refractivity contribution in [1.29, 1.82) is 0 Å². The molecule has 2 heterocycles. The van der Waals surface area contributed by atoms with Gasteiger partial charge in [-0.1, -0.05) is 30.0 Å². The summed E-state index contributed by atoms with van der Waals surface area (Å²) in [5, 5.41) is 21.1. The maximum Gasteiger partial charge on any atom is 0.418 e. The van der Waals surface area contributed by atoms with Crippen LogP contribution in [0.2, 0.25) is 0 Å². The summed E-state index contributed by atoms with van der Waals surface area (Å²) in [4.78, 5) is 23.0. The molecule has 1 aliphatic heterocycles. The summed E-state index contributed by atoms with van der Waals surface area (Å²) in [5.41, 5.74) is -1.29. The van der Waals surface area contributed by atoms with Crippen LogP contribution < -0.4 is 14.8 Å². The number of thioether (sulfide) groups is 1. The number of aromatic nitrogens is 3. The smallest absolute Gasteiger partial charge is 0.418 e. The first-order valence-electron chi connectivity index (χ1n) is 11.4. The number of amides is 1. The fourth-order valence-corrected chi connectivity index (χ4v) is 4.68. The zero-order valence-electron chi connectivity index (χ0n) is 20.0. The van der Waals surface area contributed by atoms with Crippen molar-refractivity contribution in [2.24, 2.45) is 0 Å². The predicted octanol–water partition coefficient (Wildman–Crippen LogP) is 5.71. The monoisotopic (exact) mass is 557 g/mol. The molecule has 1 aliphatic rings. The van der Waals surface area contributed by atoms with Gasteiger partial charge in [0.15, 0.2) is 22.5 Å². The number of fused-ring (bicyclic) bond motifs is 1. The van der Waals surface area contributed by atoms with Gasteiger partial charge in [-0.3, -0.25) is 19.5 Å². The molecule has 39 heavy (non-hydrogen) atoms. The Bertz CT molecular complexity index is 1560. The molecule has 1 atom stereocenters. The summed E-state index contributed by atoms with van der Waals surface area (Å²) in [6.45, 7) is 1.60. The van der Waals surface area contributed by atoms with Crippen molar-refractivity contribution < 1.29 is 32.4 Å². The largest absolute Gasteiger partial charge is 0.454 e. The van der Waals surface area contributed by atoms with Crippen molar-refractivity contribution in [2.45, 2.75) is 23.5 Å². The minimum atomic E-state index is -4.92. The Kier molecular flexibility index (Phi) is 6.87. The molecule has 1 aromatic heterocycles. The molecule has 0 radical (unpaired) electrons. The number of carbonyl (C=O) groups is 1. The lowest BCUT2D eigenvalue weighted by molar-refractivity contribution is -0.385. The third-order valence-corrected chi connectivity index (χ3v) is 6.75. The lowest BCUT2D eigenvalue weighted by atomic mass is 10.1. The van der Waals surface area contributed by atoms with Gasteiger partial charge < -0.3 is 14.8 Å². The van der Waals surface area contributed by atoms with Crippen molar-refractivity contribution in [1.82, 2.24) is 14.8 Å². The maximum absolute atomic E-state index is 13.6. The fourth-order valence-electron chi connectivity index (χ4n) is 3.81. The van der Waals surface area contributed by atoms with Gasteiger partial charge in [0.05, 0.1) is 21.4 Å². The molecule has 0 aliphatic carbocycles. The Balaban J connectivity index is 1.44. The fraction of sp³-hybridized carbons (Fsp3) is 0.160. The molecule has 0 saturated heterocycles. The lowest BCUT2D eigenvalue weighted by Gasteiger charge is -2.16. The second-order valence-corrected chi connectivity index (χ2v) is 9.59. The van der Waals surface area contributed by atoms with Crippen LogP contribution in [0, 0.1) is 10.1 Å². The number of nitro groups is 1. The van der Waals surface area contributed by atoms with E-state index in [1.165, 1.54) is 6.92 Å². The normalized spacial score (nSPS) is 13.2. The molecule has 14 heteroatoms. The Hall–Kier alpha value is -4.59. The van der Waals surface area contributed by atoms with Gasteiger partial charge in [0.1, 0.15) is 0 Å². The van der Waals surface area contributed by atoms with Gasteiger partial charge in [-0.2, -0.15) is 13.2 Å². The number of para-hydroxylation sites is 1. The number of ether oxygens (including phenoxy) is 2. The van der Waals surface area contributed by atoms with Crippen molar-refractivity contribution in [3.63, 3.8) is 0 Å². The van der Waals surface area contributed by atoms with Crippen LogP contribution in [0.1, 0.15) is 12.5 Å². The molecule has 200 valence electrons. The average Bonchev–Trinajstić information content (AvgIpc) is 3.55. The van der Waals surface area contributed by atoms with Crippen LogP contribution in [-0.2, 0) is 11.0 Å². The molecule has 0 unspecified atom stereocenters. The van der Waals surface area contributed by atoms with E-state index in [1.54, 1.807) is 22.8 Å². The Morgan fingerprint density at radius 2 is 1.82 bits per heavy atom. The highest BCUT2D eigenvalue weighted by Crippen LogP contribution is 2.39. The highest BCUT2D eigenvalue weighted by molar-refractivity contribution is 8.00. The zero-order chi connectivity index (χ0) is 27.7. The number of carbonyl (C=O) groups excluding carboxylic acids is 1. The van der Waals surface area contributed by atoms with E-state index < -0.39 is 39.2 Å². The van der Waals surface area contributed by atoms with Gasteiger partial charge in [-0.15, -0.1) is 10.2 Å². The van der Waals surface area contributed by atoms with E-state index in [-0.39, 0.29) is 6.79 Å². The van der Waals surface area contributed by atoms with Crippen LogP contribution in [0.5, 0.6) is 11.5 Å². The van der Waals surface area contributed by atoms with Crippen LogP contribution in [0.3, 0.4) is 0 Å². The van der Waals surface area contributed by atoms with E-state index in [2.05, 4.69) is 15.5 Å². The maximum atomic E-state index is 13.6. The molecule has 0 spiro atoms. The molecular formula is C25H18F3N5O5S. The average molecular weight is 558 g/mol. The van der Waals surface area contributed by atoms with Crippen LogP contribution >= 0.6 is 11.8 Å². The van der Waals surface area contributed by atoms with Crippen molar-refractivity contribution in [3.05, 3.63) is 82.4 Å². The number of nitrogens with zero attached hydrogens (tertiary/aromatic N) is 4. The van der Waals surface area contributed by atoms with E-state index in [1.807, 2.05) is 30.3 Å². The topological polar surface area (TPSA) is 121 Å². The van der Waals surface area contributed by atoms with E-state index in [0.717, 1.165) is 23.9 Å². The molecule has 5 rings (SSSR count). The molecule has 1 amide bonds. The summed E-state index contributed by atoms with van der Waals surface area (Å²) in [6, 6.07) is 16.5. The quantitative estimate of drug-likeness (QED) is 0.174. The molecule has 10 nitrogen and oxygen atoms in total. The minimum Gasteiger partial charge on any atom is -0.454 e. The van der Waals surface area contributed by atoms with E-state index in [0.29, 0.717) is 39.8 Å². The molecule has 0 bridgehead atoms. The predicted molar refractivity (Wildman–Crippen MR) is 135 cm³/mol. The summed E-state index contributed by atoms with van der Waals surface area (Å²) < 4.78 is 53.2. The highest BCUT2D eigenvalue weighted by Gasteiger charge is 2.36. The number of hydrogen-bond donors (Lipinski definition) is 1. The molecule has 0 fully saturated rings. The summed E-state index contributed by atoms with van der Waals surface area (Å²) in [5.74, 6) is 0.824. The van der Waals surface area contributed by atoms with Crippen LogP contribution in [0.25, 0.3) is 17.1 Å². The lowest BCUT2D eigenvalue weighted by Crippen LogP contribution is -2.24. The van der Waals surface area contributed by atoms with Crippen molar-refractivity contribution in [2.75, 3.05) is 12.1 Å². The van der Waals surface area contributed by atoms with Crippen molar-refractivity contribution >= 4 is 29.0 Å². The Morgan fingerprint density at radius 3 is 2.54 bits per heavy atom. The standard InChI is InChI=1S/C25H18F3N5O5S/c1-14(23(34)29-19-9-8-17(33(35)36)12-18(19)25(26,27)28)39-24-31-30-22(32(24)16-5-3-2-4-6-16)15-7-10-20-21(11-15)38-13-37-20/h2-12,14H,13H2,1H3,(H,29,34)/t14-/m0/s1. The second kappa shape index (κ2) is 10.3. The number of alkyl halides is 3. The summed E-state index contributed by atoms with van der Waals surface area (Å²) in [7, 11) is 0. The van der Waals surface area contributed by atoms with Gasteiger partial charge in [-0.25, -0.2) is 0 Å². The highest BCUT2D eigenvalue weighted by atomic mass is 32.2. The van der Waals surface area contributed by atoms with E-state index in [4.69, 9.17) is 9.47 Å². The Labute approximate surface area is 222 Å². The molecule has 4 aromatic rings. The molecular weight excluding hydrogens is 539 g/mol. The molecule has 1 N–H and O–H groups in total. The SMILES string of the molecule is C[C@H](Sc1nnc(-c2ccc3c(c2)OCO3)n1-c1ccccc1)C(=O)Nc1ccc([N+](=O)[O-])cc1C(F)(F)F. The van der Waals surface area contributed by atoms with Gasteiger partial charge >= 0.3 is 6.18 Å². The number of halogens is 3.